The van der Waals surface area contributed by atoms with Gasteiger partial charge in [0.25, 0.3) is 5.91 Å². The van der Waals surface area contributed by atoms with E-state index in [1.807, 2.05) is 13.8 Å². The molecule has 4 amide bonds. The lowest BCUT2D eigenvalue weighted by Crippen LogP contribution is -2.53. The summed E-state index contributed by atoms with van der Waals surface area (Å²) in [5.74, 6) is 0.0477. The summed E-state index contributed by atoms with van der Waals surface area (Å²) >= 11 is 0. The molecule has 2 heterocycles. The highest BCUT2D eigenvalue weighted by Crippen LogP contribution is 2.26. The normalized spacial score (nSPS) is 27.3. The van der Waals surface area contributed by atoms with Gasteiger partial charge in [0.15, 0.2) is 0 Å². The molecule has 0 aromatic carbocycles. The summed E-state index contributed by atoms with van der Waals surface area (Å²) in [4.78, 5) is 40.1. The Morgan fingerprint density at radius 2 is 2.00 bits per heavy atom. The number of hydrogen-bond donors (Lipinski definition) is 2. The molecule has 7 heteroatoms. The van der Waals surface area contributed by atoms with Crippen molar-refractivity contribution in [1.29, 1.82) is 0 Å². The van der Waals surface area contributed by atoms with Crippen LogP contribution in [0.4, 0.5) is 4.79 Å². The van der Waals surface area contributed by atoms with Gasteiger partial charge < -0.3 is 16.0 Å². The Balaban J connectivity index is 2.08. The third kappa shape index (κ3) is 3.20. The first-order valence-corrected chi connectivity index (χ1v) is 8.52. The highest BCUT2D eigenvalue weighted by Gasteiger charge is 2.49. The van der Waals surface area contributed by atoms with Crippen LogP contribution in [0.1, 0.15) is 46.5 Å². The van der Waals surface area contributed by atoms with E-state index in [2.05, 4.69) is 12.2 Å². The quantitative estimate of drug-likeness (QED) is 0.727. The fraction of sp³-hybridized carbons (Fsp3) is 0.812. The molecular formula is C16H28N4O3. The van der Waals surface area contributed by atoms with Crippen molar-refractivity contribution >= 4 is 17.8 Å². The van der Waals surface area contributed by atoms with E-state index < -0.39 is 11.6 Å². The number of carbonyl (C=O) groups is 3. The molecule has 2 aliphatic rings. The molecule has 7 nitrogen and oxygen atoms in total. The fourth-order valence-corrected chi connectivity index (χ4v) is 3.58. The van der Waals surface area contributed by atoms with E-state index in [9.17, 15) is 14.4 Å². The molecule has 0 radical (unpaired) electrons. The third-order valence-corrected chi connectivity index (χ3v) is 5.32. The highest BCUT2D eigenvalue weighted by molar-refractivity contribution is 6.09. The molecule has 130 valence electrons. The number of nitrogens with one attached hydrogen (secondary N) is 1. The molecule has 2 atom stereocenters. The van der Waals surface area contributed by atoms with Gasteiger partial charge in [-0.1, -0.05) is 20.8 Å². The van der Waals surface area contributed by atoms with Gasteiger partial charge >= 0.3 is 6.03 Å². The summed E-state index contributed by atoms with van der Waals surface area (Å²) in [6.45, 7) is 6.73. The number of rotatable bonds is 5. The molecule has 0 spiro atoms. The van der Waals surface area contributed by atoms with Crippen LogP contribution in [0.25, 0.3) is 0 Å². The molecule has 0 aromatic rings. The zero-order valence-electron chi connectivity index (χ0n) is 14.3. The molecule has 0 saturated carbocycles. The van der Waals surface area contributed by atoms with Crippen LogP contribution in [-0.4, -0.2) is 58.9 Å². The van der Waals surface area contributed by atoms with E-state index in [4.69, 9.17) is 5.73 Å². The van der Waals surface area contributed by atoms with Crippen molar-refractivity contribution in [3.8, 4) is 0 Å². The van der Waals surface area contributed by atoms with Crippen LogP contribution in [0.2, 0.25) is 0 Å². The summed E-state index contributed by atoms with van der Waals surface area (Å²) in [6.07, 6.45) is 2.84. The Morgan fingerprint density at radius 1 is 1.35 bits per heavy atom. The lowest BCUT2D eigenvalue weighted by Gasteiger charge is -2.38. The minimum atomic E-state index is -0.860. The van der Waals surface area contributed by atoms with Crippen LogP contribution in [-0.2, 0) is 9.59 Å². The first-order valence-electron chi connectivity index (χ1n) is 8.52. The molecule has 3 N–H and O–H groups in total. The predicted molar refractivity (Wildman–Crippen MR) is 86.5 cm³/mol. The monoisotopic (exact) mass is 324 g/mol. The minimum Gasteiger partial charge on any atom is -0.337 e. The van der Waals surface area contributed by atoms with E-state index in [0.717, 1.165) is 17.7 Å². The number of hydrogen-bond acceptors (Lipinski definition) is 4. The number of urea groups is 1. The van der Waals surface area contributed by atoms with Crippen LogP contribution in [0.15, 0.2) is 0 Å². The average molecular weight is 324 g/mol. The number of piperidine rings is 1. The maximum absolute atomic E-state index is 12.6. The summed E-state index contributed by atoms with van der Waals surface area (Å²) in [5.41, 5.74) is 4.93. The Kier molecular flexibility index (Phi) is 5.29. The Hall–Kier alpha value is -1.63. The van der Waals surface area contributed by atoms with Crippen molar-refractivity contribution < 1.29 is 14.4 Å². The average Bonchev–Trinajstić information content (AvgIpc) is 2.79. The van der Waals surface area contributed by atoms with Crippen LogP contribution in [0.5, 0.6) is 0 Å². The van der Waals surface area contributed by atoms with Gasteiger partial charge in [-0.25, -0.2) is 4.79 Å². The van der Waals surface area contributed by atoms with Gasteiger partial charge in [0, 0.05) is 19.1 Å². The second-order valence-corrected chi connectivity index (χ2v) is 6.72. The summed E-state index contributed by atoms with van der Waals surface area (Å²) in [5, 5.41) is 2.75. The topological polar surface area (TPSA) is 95.7 Å². The number of amides is 4. The minimum absolute atomic E-state index is 0.00544. The molecular weight excluding hydrogens is 296 g/mol. The first kappa shape index (κ1) is 17.7. The Bertz CT molecular complexity index is 490. The van der Waals surface area contributed by atoms with Crippen molar-refractivity contribution in [2.45, 2.75) is 58.0 Å². The number of likely N-dealkylation sites (tertiary alicyclic amines) is 1. The van der Waals surface area contributed by atoms with Crippen molar-refractivity contribution in [1.82, 2.24) is 15.1 Å². The predicted octanol–water partition coefficient (Wildman–Crippen LogP) is 0.683. The molecule has 0 aromatic heterocycles. The van der Waals surface area contributed by atoms with Gasteiger partial charge in [0.05, 0.1) is 0 Å². The zero-order chi connectivity index (χ0) is 17.2. The van der Waals surface area contributed by atoms with Crippen molar-refractivity contribution in [3.05, 3.63) is 0 Å². The maximum atomic E-state index is 12.6. The zero-order valence-corrected chi connectivity index (χ0v) is 14.3. The molecule has 2 aliphatic heterocycles. The van der Waals surface area contributed by atoms with E-state index in [1.165, 1.54) is 0 Å². The second kappa shape index (κ2) is 6.86. The van der Waals surface area contributed by atoms with Crippen LogP contribution in [0.3, 0.4) is 0 Å². The number of carbonyl (C=O) groups excluding carboxylic acids is 3. The first-order chi connectivity index (χ1) is 10.9. The smallest absolute Gasteiger partial charge is 0.325 e. The molecule has 2 saturated heterocycles. The molecule has 2 unspecified atom stereocenters. The number of nitrogens with two attached hydrogens (primary N) is 1. The highest BCUT2D eigenvalue weighted by atomic mass is 16.2. The Morgan fingerprint density at radius 3 is 2.52 bits per heavy atom. The van der Waals surface area contributed by atoms with Crippen molar-refractivity contribution in [2.24, 2.45) is 11.7 Å². The van der Waals surface area contributed by atoms with Crippen molar-refractivity contribution in [2.75, 3.05) is 19.6 Å². The lowest BCUT2D eigenvalue weighted by molar-refractivity contribution is -0.141. The fourth-order valence-electron chi connectivity index (χ4n) is 3.58. The molecule has 0 aliphatic carbocycles. The molecule has 2 fully saturated rings. The maximum Gasteiger partial charge on any atom is 0.325 e. The van der Waals surface area contributed by atoms with E-state index in [0.29, 0.717) is 31.8 Å². The van der Waals surface area contributed by atoms with Crippen LogP contribution in [0, 0.1) is 5.92 Å². The van der Waals surface area contributed by atoms with E-state index >= 15 is 0 Å². The van der Waals surface area contributed by atoms with E-state index in [-0.39, 0.29) is 24.4 Å². The van der Waals surface area contributed by atoms with Gasteiger partial charge in [-0.05, 0) is 31.6 Å². The van der Waals surface area contributed by atoms with Gasteiger partial charge in [0.1, 0.15) is 12.1 Å². The molecule has 0 bridgehead atoms. The number of imide groups is 1. The summed E-state index contributed by atoms with van der Waals surface area (Å²) in [6, 6.07) is -0.476. The van der Waals surface area contributed by atoms with Gasteiger partial charge in [0.2, 0.25) is 5.91 Å². The third-order valence-electron chi connectivity index (χ3n) is 5.32. The molecule has 2 rings (SSSR count). The lowest BCUT2D eigenvalue weighted by atomic mass is 9.92. The van der Waals surface area contributed by atoms with Crippen LogP contribution >= 0.6 is 0 Å². The van der Waals surface area contributed by atoms with Gasteiger partial charge in [-0.15, -0.1) is 0 Å². The van der Waals surface area contributed by atoms with Gasteiger partial charge in [-0.2, -0.15) is 0 Å². The summed E-state index contributed by atoms with van der Waals surface area (Å²) < 4.78 is 0. The molecule has 23 heavy (non-hydrogen) atoms. The largest absolute Gasteiger partial charge is 0.337 e. The Labute approximate surface area is 137 Å². The van der Waals surface area contributed by atoms with Crippen LogP contribution < -0.4 is 11.1 Å². The summed E-state index contributed by atoms with van der Waals surface area (Å²) in [7, 11) is 0. The second-order valence-electron chi connectivity index (χ2n) is 6.72. The standard InChI is InChI=1S/C16H28N4O3/c1-4-16(5-2)14(22)20(15(23)18-16)10-13(21)19-7-6-11(3)8-12(19)9-17/h11-12H,4-10,17H2,1-3H3,(H,18,23). The number of nitrogens with zero attached hydrogens (tertiary/aromatic N) is 2. The van der Waals surface area contributed by atoms with E-state index in [1.54, 1.807) is 4.90 Å². The van der Waals surface area contributed by atoms with Crippen molar-refractivity contribution in [3.63, 3.8) is 0 Å². The SMILES string of the molecule is CCC1(CC)NC(=O)N(CC(=O)N2CCC(C)CC2CN)C1=O. The van der Waals surface area contributed by atoms with Gasteiger partial charge in [-0.3, -0.25) is 14.5 Å².